The number of nitro benzene ring substituents is 1. The summed E-state index contributed by atoms with van der Waals surface area (Å²) in [7, 11) is 0. The summed E-state index contributed by atoms with van der Waals surface area (Å²) in [5.41, 5.74) is 0.122. The molecule has 3 nitrogen and oxygen atoms in total. The minimum absolute atomic E-state index is 0.122. The van der Waals surface area contributed by atoms with Crippen molar-refractivity contribution >= 4 is 26.2 Å². The molecule has 0 bridgehead atoms. The number of hydrogen-bond acceptors (Lipinski definition) is 2. The molecule has 0 fully saturated rings. The van der Waals surface area contributed by atoms with Crippen molar-refractivity contribution in [3.8, 4) is 0 Å². The van der Waals surface area contributed by atoms with E-state index >= 15 is 0 Å². The fourth-order valence-electron chi connectivity index (χ4n) is 0.597. The van der Waals surface area contributed by atoms with E-state index in [0.29, 0.717) is 0 Å². The van der Waals surface area contributed by atoms with Crippen LogP contribution in [0.3, 0.4) is 0 Å². The normalized spacial score (nSPS) is 9.20. The van der Waals surface area contributed by atoms with Crippen LogP contribution in [0, 0.1) is 10.1 Å². The summed E-state index contributed by atoms with van der Waals surface area (Å²) in [6.07, 6.45) is 0. The van der Waals surface area contributed by atoms with E-state index in [9.17, 15) is 10.1 Å². The van der Waals surface area contributed by atoms with Crippen molar-refractivity contribution in [3.05, 3.63) is 34.4 Å². The molecule has 0 spiro atoms. The minimum atomic E-state index is -0.416. The van der Waals surface area contributed by atoms with Gasteiger partial charge < -0.3 is 0 Å². The number of nitrogens with zero attached hydrogens (tertiary/aromatic N) is 1. The van der Waals surface area contributed by atoms with E-state index in [4.69, 9.17) is 0 Å². The molecule has 0 heterocycles. The second kappa shape index (κ2) is 2.82. The van der Waals surface area contributed by atoms with Gasteiger partial charge in [0.2, 0.25) is 0 Å². The van der Waals surface area contributed by atoms with E-state index in [1.54, 1.807) is 12.1 Å². The van der Waals surface area contributed by atoms with Crippen LogP contribution in [0.25, 0.3) is 0 Å². The first-order valence-corrected chi connectivity index (χ1v) is 3.47. The van der Waals surface area contributed by atoms with Crippen LogP contribution in [0.4, 0.5) is 5.69 Å². The van der Waals surface area contributed by atoms with E-state index in [-0.39, 0.29) is 5.69 Å². The van der Waals surface area contributed by atoms with Crippen LogP contribution in [-0.4, -0.2) is 20.9 Å². The molecule has 1 radical (unpaired) electrons. The summed E-state index contributed by atoms with van der Waals surface area (Å²) >= 11 is 2.69. The molecule has 0 amide bonds. The van der Waals surface area contributed by atoms with Crippen molar-refractivity contribution in [2.24, 2.45) is 0 Å². The quantitative estimate of drug-likeness (QED) is 0.374. The third-order valence-electron chi connectivity index (χ3n) is 1.03. The maximum absolute atomic E-state index is 10.1. The van der Waals surface area contributed by atoms with Gasteiger partial charge in [-0.1, -0.05) is 0 Å². The van der Waals surface area contributed by atoms with Crippen molar-refractivity contribution < 1.29 is 4.92 Å². The predicted octanol–water partition coefficient (Wildman–Crippen LogP) is 0.389. The molecule has 10 heavy (non-hydrogen) atoms. The molecule has 0 aromatic heterocycles. The van der Waals surface area contributed by atoms with Crippen LogP contribution in [0.1, 0.15) is 0 Å². The van der Waals surface area contributed by atoms with E-state index in [2.05, 4.69) is 16.0 Å². The third kappa shape index (κ3) is 1.56. The van der Waals surface area contributed by atoms with E-state index in [1.165, 1.54) is 12.1 Å². The molecule has 1 rings (SSSR count). The molecule has 1 aromatic rings. The zero-order valence-electron chi connectivity index (χ0n) is 4.98. The summed E-state index contributed by atoms with van der Waals surface area (Å²) in [5.74, 6) is 0. The van der Waals surface area contributed by atoms with Crippen LogP contribution in [-0.2, 0) is 0 Å². The Morgan fingerprint density at radius 3 is 2.60 bits per heavy atom. The summed E-state index contributed by atoms with van der Waals surface area (Å²) in [4.78, 5) is 9.73. The molecule has 0 aliphatic heterocycles. The Morgan fingerprint density at radius 1 is 1.50 bits per heavy atom. The number of hydrogen-bond donors (Lipinski definition) is 0. The van der Waals surface area contributed by atoms with Gasteiger partial charge in [0.1, 0.15) is 0 Å². The zero-order valence-corrected chi connectivity index (χ0v) is 6.69. The van der Waals surface area contributed by atoms with Crippen molar-refractivity contribution in [3.63, 3.8) is 0 Å². The Bertz CT molecular complexity index is 262. The first kappa shape index (κ1) is 7.25. The van der Waals surface area contributed by atoms with Crippen molar-refractivity contribution in [2.75, 3.05) is 0 Å². The second-order valence-electron chi connectivity index (χ2n) is 1.75. The number of benzene rings is 1. The van der Waals surface area contributed by atoms with Gasteiger partial charge in [-0.15, -0.1) is 0 Å². The molecule has 0 N–H and O–H groups in total. The van der Waals surface area contributed by atoms with Crippen molar-refractivity contribution in [2.45, 2.75) is 0 Å². The second-order valence-corrected chi connectivity index (χ2v) is 2.74. The van der Waals surface area contributed by atoms with Crippen LogP contribution < -0.4 is 4.46 Å². The fourth-order valence-corrected chi connectivity index (χ4v) is 1.02. The monoisotopic (exact) mass is 202 g/mol. The molecule has 0 saturated heterocycles. The standard InChI is InChI=1S/C6H4NO2Se/c8-7(9)5-2-1-3-6(10)4-5/h1-4H. The third-order valence-corrected chi connectivity index (χ3v) is 1.56. The predicted molar refractivity (Wildman–Crippen MR) is 38.5 cm³/mol. The SMILES string of the molecule is O=[N+]([O-])c1cccc([Se])c1. The summed E-state index contributed by atoms with van der Waals surface area (Å²) in [6.45, 7) is 0. The van der Waals surface area contributed by atoms with Gasteiger partial charge in [0.25, 0.3) is 0 Å². The molecule has 51 valence electrons. The number of rotatable bonds is 1. The molecule has 1 aromatic carbocycles. The topological polar surface area (TPSA) is 43.1 Å². The van der Waals surface area contributed by atoms with Crippen LogP contribution in [0.2, 0.25) is 0 Å². The van der Waals surface area contributed by atoms with Crippen LogP contribution in [0.5, 0.6) is 0 Å². The Hall–Kier alpha value is -0.861. The fraction of sp³-hybridized carbons (Fsp3) is 0. The average molecular weight is 201 g/mol. The molecule has 0 atom stereocenters. The first-order chi connectivity index (χ1) is 4.70. The molecular weight excluding hydrogens is 197 g/mol. The number of nitro groups is 1. The van der Waals surface area contributed by atoms with Crippen molar-refractivity contribution in [1.82, 2.24) is 0 Å². The molecule has 0 aliphatic carbocycles. The number of non-ortho nitro benzene ring substituents is 1. The zero-order chi connectivity index (χ0) is 7.56. The van der Waals surface area contributed by atoms with Gasteiger partial charge in [0.05, 0.1) is 0 Å². The van der Waals surface area contributed by atoms with E-state index in [0.717, 1.165) is 4.46 Å². The molecule has 0 unspecified atom stereocenters. The van der Waals surface area contributed by atoms with Gasteiger partial charge in [-0.05, 0) is 0 Å². The van der Waals surface area contributed by atoms with Crippen molar-refractivity contribution in [1.29, 1.82) is 0 Å². The first-order valence-electron chi connectivity index (χ1n) is 2.61. The summed E-state index contributed by atoms with van der Waals surface area (Å²) in [6, 6.07) is 6.36. The maximum atomic E-state index is 10.1. The molecule has 0 saturated carbocycles. The average Bonchev–Trinajstić information content (AvgIpc) is 1.88. The molecule has 4 heteroatoms. The Morgan fingerprint density at radius 2 is 2.20 bits per heavy atom. The summed E-state index contributed by atoms with van der Waals surface area (Å²) < 4.78 is 0.786. The van der Waals surface area contributed by atoms with Gasteiger partial charge in [-0.2, -0.15) is 0 Å². The Kier molecular flexibility index (Phi) is 2.04. The Labute approximate surface area is 66.0 Å². The van der Waals surface area contributed by atoms with Gasteiger partial charge in [-0.3, -0.25) is 0 Å². The van der Waals surface area contributed by atoms with Gasteiger partial charge in [-0.25, -0.2) is 0 Å². The van der Waals surface area contributed by atoms with Gasteiger partial charge >= 0.3 is 65.5 Å². The molecular formula is C6H4NO2Se. The van der Waals surface area contributed by atoms with Gasteiger partial charge in [0.15, 0.2) is 0 Å². The Balaban J connectivity index is 3.07. The van der Waals surface area contributed by atoms with E-state index in [1.807, 2.05) is 0 Å². The van der Waals surface area contributed by atoms with Crippen LogP contribution in [0.15, 0.2) is 24.3 Å². The molecule has 0 aliphatic rings. The summed E-state index contributed by atoms with van der Waals surface area (Å²) in [5, 5.41) is 10.1. The van der Waals surface area contributed by atoms with E-state index < -0.39 is 4.92 Å². The van der Waals surface area contributed by atoms with Crippen LogP contribution >= 0.6 is 0 Å². The van der Waals surface area contributed by atoms with Gasteiger partial charge in [0, 0.05) is 0 Å².